The maximum absolute atomic E-state index is 12.4. The Morgan fingerprint density at radius 3 is 1.07 bits per heavy atom. The van der Waals surface area contributed by atoms with Crippen LogP contribution in [0.1, 0.15) is 6.92 Å². The van der Waals surface area contributed by atoms with E-state index in [1.54, 1.807) is 0 Å². The van der Waals surface area contributed by atoms with Crippen molar-refractivity contribution in [1.82, 2.24) is 0 Å². The highest BCUT2D eigenvalue weighted by Gasteiger charge is 2.76. The molecule has 0 aliphatic carbocycles. The number of halogens is 9. The molecule has 14 heavy (non-hydrogen) atoms. The van der Waals surface area contributed by atoms with Gasteiger partial charge in [-0.15, -0.1) is 0 Å². The summed E-state index contributed by atoms with van der Waals surface area (Å²) in [5, 5.41) is 0. The van der Waals surface area contributed by atoms with Crippen molar-refractivity contribution in [3.63, 3.8) is 0 Å². The lowest BCUT2D eigenvalue weighted by Crippen LogP contribution is -2.59. The first-order chi connectivity index (χ1) is 5.75. The van der Waals surface area contributed by atoms with Gasteiger partial charge in [-0.1, -0.05) is 22.6 Å². The minimum Gasteiger partial charge on any atom is -0.194 e. The number of alkyl halides is 9. The first kappa shape index (κ1) is 14.2. The Bertz CT molecular complexity index is 187. The Labute approximate surface area is 86.8 Å². The first-order valence-electron chi connectivity index (χ1n) is 2.95. The van der Waals surface area contributed by atoms with Crippen LogP contribution in [0.3, 0.4) is 0 Å². The van der Waals surface area contributed by atoms with E-state index in [9.17, 15) is 35.1 Å². The summed E-state index contributed by atoms with van der Waals surface area (Å²) in [6.07, 6.45) is -11.9. The molecular weight excluding hydrogens is 339 g/mol. The van der Waals surface area contributed by atoms with E-state index in [0.29, 0.717) is 0 Å². The quantitative estimate of drug-likeness (QED) is 0.385. The molecule has 1 unspecified atom stereocenters. The van der Waals surface area contributed by atoms with Gasteiger partial charge in [-0.25, -0.2) is 0 Å². The predicted molar refractivity (Wildman–Crippen MR) is 39.5 cm³/mol. The molecule has 0 radical (unpaired) electrons. The van der Waals surface area contributed by atoms with Crippen molar-refractivity contribution in [3.05, 3.63) is 0 Å². The van der Waals surface area contributed by atoms with Crippen molar-refractivity contribution in [2.45, 2.75) is 28.6 Å². The smallest absolute Gasteiger partial charge is 0.194 e. The molecule has 0 saturated heterocycles. The van der Waals surface area contributed by atoms with Gasteiger partial charge in [0.05, 0.1) is 0 Å². The van der Waals surface area contributed by atoms with Crippen LogP contribution in [0, 0.1) is 0 Å². The van der Waals surface area contributed by atoms with Crippen molar-refractivity contribution >= 4 is 22.6 Å². The Balaban J connectivity index is 5.30. The van der Waals surface area contributed by atoms with Gasteiger partial charge in [0, 0.05) is 0 Å². The monoisotopic (exact) mass is 342 g/mol. The molecule has 1 atom stereocenters. The van der Waals surface area contributed by atoms with Crippen LogP contribution in [-0.4, -0.2) is 21.7 Å². The number of hydrogen-bond acceptors (Lipinski definition) is 0. The highest BCUT2D eigenvalue weighted by atomic mass is 127. The zero-order chi connectivity index (χ0) is 12.0. The Morgan fingerprint density at radius 2 is 1.00 bits per heavy atom. The molecule has 0 fully saturated rings. The summed E-state index contributed by atoms with van der Waals surface area (Å²) in [6, 6.07) is 0. The third-order valence-electron chi connectivity index (χ3n) is 1.48. The van der Waals surface area contributed by atoms with Gasteiger partial charge in [0.1, 0.15) is 0 Å². The summed E-state index contributed by atoms with van der Waals surface area (Å²) < 4.78 is 91.0. The van der Waals surface area contributed by atoms with Gasteiger partial charge in [0.15, 0.2) is 3.42 Å². The first-order valence-corrected chi connectivity index (χ1v) is 4.03. The lowest BCUT2D eigenvalue weighted by atomic mass is 10.0. The van der Waals surface area contributed by atoms with Crippen molar-refractivity contribution in [2.75, 3.05) is 0 Å². The van der Waals surface area contributed by atoms with E-state index in [1.165, 1.54) is 0 Å². The van der Waals surface area contributed by atoms with Gasteiger partial charge >= 0.3 is 18.3 Å². The van der Waals surface area contributed by atoms with Crippen LogP contribution in [0.15, 0.2) is 0 Å². The fourth-order valence-electron chi connectivity index (χ4n) is 0.444. The molecule has 0 aromatic heterocycles. The van der Waals surface area contributed by atoms with Gasteiger partial charge in [-0.3, -0.25) is 0 Å². The van der Waals surface area contributed by atoms with Gasteiger partial charge in [-0.2, -0.15) is 35.1 Å². The standard InChI is InChI=1S/C5H3F8I/c1-2(14,4(8,9)10)3(6,7)5(11,12)13/h1H3. The average Bonchev–Trinajstić information content (AvgIpc) is 1.81. The van der Waals surface area contributed by atoms with Crippen LogP contribution < -0.4 is 0 Å². The predicted octanol–water partition coefficient (Wildman–Crippen LogP) is 3.94. The molecule has 0 spiro atoms. The summed E-state index contributed by atoms with van der Waals surface area (Å²) in [6.45, 7) is -0.207. The fraction of sp³-hybridized carbons (Fsp3) is 1.00. The molecule has 0 nitrogen and oxygen atoms in total. The van der Waals surface area contributed by atoms with Crippen molar-refractivity contribution in [1.29, 1.82) is 0 Å². The summed E-state index contributed by atoms with van der Waals surface area (Å²) >= 11 is 0.0554. The third kappa shape index (κ3) is 2.06. The zero-order valence-corrected chi connectivity index (χ0v) is 8.56. The zero-order valence-electron chi connectivity index (χ0n) is 6.40. The molecule has 0 aliphatic rings. The molecule has 0 saturated carbocycles. The maximum Gasteiger partial charge on any atom is 0.455 e. The molecule has 0 heterocycles. The lowest BCUT2D eigenvalue weighted by Gasteiger charge is -2.34. The highest BCUT2D eigenvalue weighted by molar-refractivity contribution is 14.1. The molecule has 0 rings (SSSR count). The molecule has 0 aliphatic heterocycles. The Kier molecular flexibility index (Phi) is 3.38. The molecule has 0 bridgehead atoms. The van der Waals surface area contributed by atoms with E-state index >= 15 is 0 Å². The molecule has 0 amide bonds. The van der Waals surface area contributed by atoms with E-state index in [4.69, 9.17) is 0 Å². The van der Waals surface area contributed by atoms with E-state index in [1.807, 2.05) is 0 Å². The van der Waals surface area contributed by atoms with Crippen LogP contribution in [0.2, 0.25) is 0 Å². The largest absolute Gasteiger partial charge is 0.455 e. The normalized spacial score (nSPS) is 19.3. The number of hydrogen-bond donors (Lipinski definition) is 0. The number of rotatable bonds is 1. The second kappa shape index (κ2) is 3.34. The lowest BCUT2D eigenvalue weighted by molar-refractivity contribution is -0.325. The van der Waals surface area contributed by atoms with Gasteiger partial charge in [0.25, 0.3) is 0 Å². The van der Waals surface area contributed by atoms with Crippen LogP contribution >= 0.6 is 22.6 Å². The Morgan fingerprint density at radius 1 is 0.714 bits per heavy atom. The van der Waals surface area contributed by atoms with E-state index in [0.717, 1.165) is 0 Å². The minimum absolute atomic E-state index is 0.0554. The van der Waals surface area contributed by atoms with Crippen LogP contribution in [-0.2, 0) is 0 Å². The maximum atomic E-state index is 12.4. The molecular formula is C5H3F8I. The molecule has 0 N–H and O–H groups in total. The molecule has 86 valence electrons. The van der Waals surface area contributed by atoms with Crippen molar-refractivity contribution < 1.29 is 35.1 Å². The molecule has 0 aromatic rings. The van der Waals surface area contributed by atoms with E-state index in [2.05, 4.69) is 0 Å². The molecule has 9 heteroatoms. The van der Waals surface area contributed by atoms with Crippen molar-refractivity contribution in [2.24, 2.45) is 0 Å². The van der Waals surface area contributed by atoms with Crippen LogP contribution in [0.25, 0.3) is 0 Å². The molecule has 0 aromatic carbocycles. The third-order valence-corrected chi connectivity index (χ3v) is 2.77. The average molecular weight is 342 g/mol. The van der Waals surface area contributed by atoms with Crippen LogP contribution in [0.4, 0.5) is 35.1 Å². The second-order valence-electron chi connectivity index (χ2n) is 2.57. The van der Waals surface area contributed by atoms with Crippen molar-refractivity contribution in [3.8, 4) is 0 Å². The van der Waals surface area contributed by atoms with Gasteiger partial charge in [0.2, 0.25) is 0 Å². The summed E-state index contributed by atoms with van der Waals surface area (Å²) in [4.78, 5) is 0. The van der Waals surface area contributed by atoms with Crippen LogP contribution in [0.5, 0.6) is 0 Å². The second-order valence-corrected chi connectivity index (χ2v) is 4.73. The van der Waals surface area contributed by atoms with E-state index in [-0.39, 0.29) is 29.5 Å². The highest BCUT2D eigenvalue weighted by Crippen LogP contribution is 2.54. The summed E-state index contributed by atoms with van der Waals surface area (Å²) in [7, 11) is 0. The van der Waals surface area contributed by atoms with Gasteiger partial charge in [-0.05, 0) is 6.92 Å². The SMILES string of the molecule is CC(I)(C(F)(F)F)C(F)(F)C(F)(F)F. The summed E-state index contributed by atoms with van der Waals surface area (Å²) in [5.74, 6) is -5.82. The van der Waals surface area contributed by atoms with E-state index < -0.39 is 21.7 Å². The minimum atomic E-state index is -6.22. The summed E-state index contributed by atoms with van der Waals surface area (Å²) in [5.41, 5.74) is 0. The fourth-order valence-corrected chi connectivity index (χ4v) is 0.750. The van der Waals surface area contributed by atoms with Gasteiger partial charge < -0.3 is 0 Å². The topological polar surface area (TPSA) is 0 Å². The Hall–Kier alpha value is 0.170.